The third-order valence-electron chi connectivity index (χ3n) is 3.69. The van der Waals surface area contributed by atoms with Crippen molar-refractivity contribution < 1.29 is 19.4 Å². The number of aliphatic hydroxyl groups is 1. The van der Waals surface area contributed by atoms with Gasteiger partial charge in [-0.2, -0.15) is 0 Å². The number of carbonyl (C=O) groups excluding carboxylic acids is 2. The van der Waals surface area contributed by atoms with E-state index >= 15 is 0 Å². The molecule has 5 heteroatoms. The van der Waals surface area contributed by atoms with E-state index in [4.69, 9.17) is 5.11 Å². The Bertz CT molecular complexity index is 294. The number of hydrogen-bond acceptors (Lipinski definition) is 4. The minimum Gasteiger partial charge on any atom is -0.467 e. The van der Waals surface area contributed by atoms with E-state index in [0.29, 0.717) is 11.8 Å². The molecule has 2 aliphatic rings. The number of rotatable bonds is 4. The summed E-state index contributed by atoms with van der Waals surface area (Å²) in [6, 6.07) is -0.918. The van der Waals surface area contributed by atoms with Gasteiger partial charge < -0.3 is 15.2 Å². The molecular formula is C11H17NO4. The summed E-state index contributed by atoms with van der Waals surface area (Å²) in [5.41, 5.74) is 0. The predicted molar refractivity (Wildman–Crippen MR) is 55.4 cm³/mol. The molecule has 0 spiro atoms. The van der Waals surface area contributed by atoms with E-state index in [1.54, 1.807) is 0 Å². The topological polar surface area (TPSA) is 75.6 Å². The van der Waals surface area contributed by atoms with Crippen molar-refractivity contribution in [2.24, 2.45) is 17.8 Å². The molecule has 90 valence electrons. The second-order valence-electron chi connectivity index (χ2n) is 4.55. The van der Waals surface area contributed by atoms with Crippen LogP contribution in [0.3, 0.4) is 0 Å². The molecule has 0 aromatic rings. The fourth-order valence-electron chi connectivity index (χ4n) is 2.80. The summed E-state index contributed by atoms with van der Waals surface area (Å²) in [6.45, 7) is -0.416. The molecule has 1 amide bonds. The molecule has 5 nitrogen and oxygen atoms in total. The summed E-state index contributed by atoms with van der Waals surface area (Å²) in [4.78, 5) is 22.9. The third kappa shape index (κ3) is 1.91. The van der Waals surface area contributed by atoms with Crippen LogP contribution in [-0.2, 0) is 14.3 Å². The second kappa shape index (κ2) is 4.41. The van der Waals surface area contributed by atoms with E-state index in [0.717, 1.165) is 12.8 Å². The van der Waals surface area contributed by atoms with E-state index < -0.39 is 18.6 Å². The second-order valence-corrected chi connectivity index (χ2v) is 4.55. The highest BCUT2D eigenvalue weighted by molar-refractivity contribution is 5.87. The lowest BCUT2D eigenvalue weighted by atomic mass is 10.1. The first-order valence-corrected chi connectivity index (χ1v) is 5.68. The Labute approximate surface area is 94.2 Å². The molecule has 0 heterocycles. The Balaban J connectivity index is 1.85. The van der Waals surface area contributed by atoms with Crippen LogP contribution in [0.1, 0.15) is 19.3 Å². The van der Waals surface area contributed by atoms with Crippen LogP contribution in [0.15, 0.2) is 0 Å². The summed E-state index contributed by atoms with van der Waals surface area (Å²) in [6.07, 6.45) is 3.44. The highest BCUT2D eigenvalue weighted by atomic mass is 16.5. The quantitative estimate of drug-likeness (QED) is 0.646. The lowest BCUT2D eigenvalue weighted by Crippen LogP contribution is -2.45. The van der Waals surface area contributed by atoms with Gasteiger partial charge in [0.25, 0.3) is 0 Å². The Hall–Kier alpha value is -1.10. The zero-order valence-electron chi connectivity index (χ0n) is 9.31. The molecule has 16 heavy (non-hydrogen) atoms. The number of esters is 1. The summed E-state index contributed by atoms with van der Waals surface area (Å²) in [5.74, 6) is 0.377. The fourth-order valence-corrected chi connectivity index (χ4v) is 2.80. The first kappa shape index (κ1) is 11.4. The number of hydrogen-bond donors (Lipinski definition) is 2. The zero-order valence-corrected chi connectivity index (χ0v) is 9.31. The molecule has 2 saturated carbocycles. The molecule has 2 aliphatic carbocycles. The van der Waals surface area contributed by atoms with Crippen molar-refractivity contribution >= 4 is 11.9 Å². The average Bonchev–Trinajstić information content (AvgIpc) is 2.79. The van der Waals surface area contributed by atoms with Crippen LogP contribution in [-0.4, -0.2) is 36.7 Å². The number of carbonyl (C=O) groups is 2. The number of amides is 1. The van der Waals surface area contributed by atoms with Crippen molar-refractivity contribution in [3.63, 3.8) is 0 Å². The summed E-state index contributed by atoms with van der Waals surface area (Å²) < 4.78 is 4.48. The van der Waals surface area contributed by atoms with Crippen molar-refractivity contribution in [3.05, 3.63) is 0 Å². The first-order chi connectivity index (χ1) is 7.69. The number of fused-ring (bicyclic) bond motifs is 1. The van der Waals surface area contributed by atoms with Gasteiger partial charge in [0.05, 0.1) is 13.7 Å². The molecule has 0 radical (unpaired) electrons. The van der Waals surface area contributed by atoms with Crippen molar-refractivity contribution in [2.75, 3.05) is 13.7 Å². The number of methoxy groups -OCH3 is 1. The van der Waals surface area contributed by atoms with Gasteiger partial charge in [-0.3, -0.25) is 4.79 Å². The third-order valence-corrected chi connectivity index (χ3v) is 3.69. The number of ether oxygens (including phenoxy) is 1. The normalized spacial score (nSPS) is 32.8. The van der Waals surface area contributed by atoms with Crippen LogP contribution >= 0.6 is 0 Å². The van der Waals surface area contributed by atoms with Gasteiger partial charge in [0.1, 0.15) is 0 Å². The SMILES string of the molecule is COC(=O)C(CO)NC(=O)C1C2CCCC21. The molecular weight excluding hydrogens is 210 g/mol. The van der Waals surface area contributed by atoms with Gasteiger partial charge in [-0.05, 0) is 24.7 Å². The smallest absolute Gasteiger partial charge is 0.330 e. The lowest BCUT2D eigenvalue weighted by molar-refractivity contribution is -0.146. The number of aliphatic hydroxyl groups excluding tert-OH is 1. The van der Waals surface area contributed by atoms with E-state index in [1.165, 1.54) is 13.5 Å². The van der Waals surface area contributed by atoms with Gasteiger partial charge in [-0.15, -0.1) is 0 Å². The maximum Gasteiger partial charge on any atom is 0.330 e. The average molecular weight is 227 g/mol. The van der Waals surface area contributed by atoms with Gasteiger partial charge in [0, 0.05) is 5.92 Å². The molecule has 0 aliphatic heterocycles. The van der Waals surface area contributed by atoms with Crippen molar-refractivity contribution in [1.82, 2.24) is 5.32 Å². The standard InChI is InChI=1S/C11H17NO4/c1-16-11(15)8(5-13)12-10(14)9-6-3-2-4-7(6)9/h6-9,13H,2-5H2,1H3,(H,12,14). The van der Waals surface area contributed by atoms with Crippen LogP contribution in [0.2, 0.25) is 0 Å². The van der Waals surface area contributed by atoms with E-state index in [2.05, 4.69) is 10.1 Å². The molecule has 0 bridgehead atoms. The summed E-state index contributed by atoms with van der Waals surface area (Å²) in [7, 11) is 1.24. The molecule has 0 aromatic heterocycles. The van der Waals surface area contributed by atoms with Crippen LogP contribution in [0, 0.1) is 17.8 Å². The van der Waals surface area contributed by atoms with Crippen LogP contribution < -0.4 is 5.32 Å². The monoisotopic (exact) mass is 227 g/mol. The van der Waals surface area contributed by atoms with E-state index in [9.17, 15) is 9.59 Å². The summed E-state index contributed by atoms with van der Waals surface area (Å²) in [5, 5.41) is 11.5. The largest absolute Gasteiger partial charge is 0.467 e. The number of nitrogens with one attached hydrogen (secondary N) is 1. The maximum absolute atomic E-state index is 11.8. The van der Waals surface area contributed by atoms with Crippen LogP contribution in [0.5, 0.6) is 0 Å². The van der Waals surface area contributed by atoms with Crippen molar-refractivity contribution in [2.45, 2.75) is 25.3 Å². The summed E-state index contributed by atoms with van der Waals surface area (Å²) >= 11 is 0. The van der Waals surface area contributed by atoms with Crippen molar-refractivity contribution in [1.29, 1.82) is 0 Å². The Morgan fingerprint density at radius 3 is 2.56 bits per heavy atom. The minimum atomic E-state index is -0.918. The van der Waals surface area contributed by atoms with E-state index in [1.807, 2.05) is 0 Å². The van der Waals surface area contributed by atoms with Gasteiger partial charge >= 0.3 is 5.97 Å². The molecule has 0 aromatic carbocycles. The van der Waals surface area contributed by atoms with E-state index in [-0.39, 0.29) is 11.8 Å². The van der Waals surface area contributed by atoms with Crippen LogP contribution in [0.4, 0.5) is 0 Å². The molecule has 3 unspecified atom stereocenters. The Morgan fingerprint density at radius 2 is 2.06 bits per heavy atom. The molecule has 2 N–H and O–H groups in total. The zero-order chi connectivity index (χ0) is 11.7. The van der Waals surface area contributed by atoms with Gasteiger partial charge in [0.2, 0.25) is 5.91 Å². The fraction of sp³-hybridized carbons (Fsp3) is 0.818. The Kier molecular flexibility index (Phi) is 3.14. The first-order valence-electron chi connectivity index (χ1n) is 5.68. The van der Waals surface area contributed by atoms with Gasteiger partial charge in [-0.1, -0.05) is 6.42 Å². The molecule has 2 fully saturated rings. The minimum absolute atomic E-state index is 0.0625. The van der Waals surface area contributed by atoms with Gasteiger partial charge in [-0.25, -0.2) is 4.79 Å². The highest BCUT2D eigenvalue weighted by Crippen LogP contribution is 2.57. The lowest BCUT2D eigenvalue weighted by Gasteiger charge is -2.14. The molecule has 0 saturated heterocycles. The van der Waals surface area contributed by atoms with Gasteiger partial charge in [0.15, 0.2) is 6.04 Å². The predicted octanol–water partition coefficient (Wildman–Crippen LogP) is -0.317. The molecule has 3 atom stereocenters. The highest BCUT2D eigenvalue weighted by Gasteiger charge is 2.56. The maximum atomic E-state index is 11.8. The Morgan fingerprint density at radius 1 is 1.44 bits per heavy atom. The van der Waals surface area contributed by atoms with Crippen molar-refractivity contribution in [3.8, 4) is 0 Å². The molecule has 2 rings (SSSR count). The van der Waals surface area contributed by atoms with Crippen LogP contribution in [0.25, 0.3) is 0 Å².